The number of alkyl halides is 2. The molecule has 0 fully saturated rings. The number of esters is 3. The first-order chi connectivity index (χ1) is 10.1. The van der Waals surface area contributed by atoms with E-state index in [1.165, 1.54) is 6.92 Å². The molecule has 0 aromatic heterocycles. The van der Waals surface area contributed by atoms with E-state index in [1.54, 1.807) is 0 Å². The van der Waals surface area contributed by atoms with Gasteiger partial charge in [0.05, 0.1) is 0 Å². The van der Waals surface area contributed by atoms with Gasteiger partial charge in [0.15, 0.2) is 18.3 Å². The van der Waals surface area contributed by atoms with E-state index in [0.717, 1.165) is 27.9 Å². The third-order valence-corrected chi connectivity index (χ3v) is 2.59. The molecule has 0 aliphatic carbocycles. The molecule has 0 heterocycles. The molecule has 128 valence electrons. The summed E-state index contributed by atoms with van der Waals surface area (Å²) in [4.78, 5) is 33.4. The van der Waals surface area contributed by atoms with Crippen LogP contribution in [0.3, 0.4) is 0 Å². The fourth-order valence-corrected chi connectivity index (χ4v) is 1.84. The highest BCUT2D eigenvalue weighted by Gasteiger charge is 2.43. The number of carbonyl (C=O) groups is 3. The third-order valence-electron chi connectivity index (χ3n) is 2.59. The Morgan fingerprint density at radius 3 is 1.50 bits per heavy atom. The zero-order valence-electron chi connectivity index (χ0n) is 13.0. The van der Waals surface area contributed by atoms with Crippen LogP contribution in [0, 0.1) is 0 Å². The summed E-state index contributed by atoms with van der Waals surface area (Å²) in [6, 6.07) is 0. The maximum atomic E-state index is 13.1. The average molecular weight is 326 g/mol. The Balaban J connectivity index is 5.54. The summed E-state index contributed by atoms with van der Waals surface area (Å²) in [6.45, 7) is 4.47. The molecule has 0 N–H and O–H groups in total. The normalized spacial score (nSPS) is 16.4. The Bertz CT molecular complexity index is 400. The van der Waals surface area contributed by atoms with Crippen LogP contribution >= 0.6 is 0 Å². The van der Waals surface area contributed by atoms with E-state index in [0.29, 0.717) is 0 Å². The van der Waals surface area contributed by atoms with Gasteiger partial charge >= 0.3 is 17.9 Å². The number of hydrogen-bond donors (Lipinski definition) is 0. The van der Waals surface area contributed by atoms with E-state index in [4.69, 9.17) is 14.2 Å². The first kappa shape index (κ1) is 20.2. The Labute approximate surface area is 126 Å². The largest absolute Gasteiger partial charge is 0.459 e. The monoisotopic (exact) mass is 326 g/mol. The lowest BCUT2D eigenvalue weighted by molar-refractivity contribution is -0.203. The van der Waals surface area contributed by atoms with Crippen LogP contribution in [0.4, 0.5) is 8.78 Å². The van der Waals surface area contributed by atoms with Crippen molar-refractivity contribution in [1.82, 2.24) is 0 Å². The summed E-state index contributed by atoms with van der Waals surface area (Å²) in [7, 11) is 0.995. The van der Waals surface area contributed by atoms with Gasteiger partial charge in [-0.1, -0.05) is 0 Å². The van der Waals surface area contributed by atoms with E-state index >= 15 is 0 Å². The highest BCUT2D eigenvalue weighted by molar-refractivity contribution is 5.68. The Hall–Kier alpha value is -1.77. The molecule has 4 atom stereocenters. The number of rotatable bonds is 8. The molecule has 0 saturated heterocycles. The van der Waals surface area contributed by atoms with Crippen molar-refractivity contribution in [2.75, 3.05) is 7.11 Å². The van der Waals surface area contributed by atoms with Gasteiger partial charge in [-0.2, -0.15) is 0 Å². The van der Waals surface area contributed by atoms with E-state index in [1.807, 2.05) is 0 Å². The topological polar surface area (TPSA) is 88.1 Å². The molecule has 0 aromatic rings. The standard InChI is InChI=1S/C13H20F2O7/c1-6(20-7(2)16)10(21-8(3)17)11(22-9(4)18)12(19-5)13(14)15/h6,10-13H,1-5H3. The van der Waals surface area contributed by atoms with Gasteiger partial charge in [0.1, 0.15) is 6.10 Å². The van der Waals surface area contributed by atoms with E-state index < -0.39 is 48.7 Å². The Morgan fingerprint density at radius 2 is 1.18 bits per heavy atom. The smallest absolute Gasteiger partial charge is 0.303 e. The second kappa shape index (κ2) is 9.29. The summed E-state index contributed by atoms with van der Waals surface area (Å²) in [6.07, 6.45) is -9.07. The van der Waals surface area contributed by atoms with Crippen molar-refractivity contribution in [2.45, 2.75) is 58.5 Å². The molecule has 0 saturated carbocycles. The second-order valence-electron chi connectivity index (χ2n) is 4.50. The number of carbonyl (C=O) groups excluding carboxylic acids is 3. The minimum Gasteiger partial charge on any atom is -0.459 e. The Kier molecular flexibility index (Phi) is 8.54. The van der Waals surface area contributed by atoms with Crippen LogP contribution in [0.15, 0.2) is 0 Å². The van der Waals surface area contributed by atoms with Crippen molar-refractivity contribution in [3.63, 3.8) is 0 Å². The molecule has 0 amide bonds. The van der Waals surface area contributed by atoms with Gasteiger partial charge in [-0.15, -0.1) is 0 Å². The number of halogens is 2. The predicted molar refractivity (Wildman–Crippen MR) is 69.1 cm³/mol. The highest BCUT2D eigenvalue weighted by Crippen LogP contribution is 2.22. The van der Waals surface area contributed by atoms with Crippen LogP contribution in [0.5, 0.6) is 0 Å². The van der Waals surface area contributed by atoms with Crippen LogP contribution in [-0.2, 0) is 33.3 Å². The van der Waals surface area contributed by atoms with Crippen molar-refractivity contribution in [2.24, 2.45) is 0 Å². The molecule has 0 rings (SSSR count). The van der Waals surface area contributed by atoms with Gasteiger partial charge in [0.25, 0.3) is 6.43 Å². The van der Waals surface area contributed by atoms with Crippen LogP contribution < -0.4 is 0 Å². The molecule has 0 bridgehead atoms. The van der Waals surface area contributed by atoms with Crippen molar-refractivity contribution in [1.29, 1.82) is 0 Å². The molecule has 9 heteroatoms. The lowest BCUT2D eigenvalue weighted by atomic mass is 10.0. The predicted octanol–water partition coefficient (Wildman–Crippen LogP) is 1.08. The van der Waals surface area contributed by atoms with Crippen molar-refractivity contribution < 1.29 is 42.1 Å². The molecule has 0 aromatic carbocycles. The first-order valence-electron chi connectivity index (χ1n) is 6.42. The fourth-order valence-electron chi connectivity index (χ4n) is 1.84. The van der Waals surface area contributed by atoms with E-state index in [-0.39, 0.29) is 0 Å². The van der Waals surface area contributed by atoms with Crippen LogP contribution in [0.25, 0.3) is 0 Å². The molecular weight excluding hydrogens is 306 g/mol. The van der Waals surface area contributed by atoms with Crippen molar-refractivity contribution in [3.8, 4) is 0 Å². The first-order valence-corrected chi connectivity index (χ1v) is 6.42. The summed E-state index contributed by atoms with van der Waals surface area (Å²) in [5, 5.41) is 0. The fraction of sp³-hybridized carbons (Fsp3) is 0.769. The quantitative estimate of drug-likeness (QED) is 0.487. The zero-order valence-corrected chi connectivity index (χ0v) is 13.0. The van der Waals surface area contributed by atoms with Gasteiger partial charge in [0.2, 0.25) is 0 Å². The van der Waals surface area contributed by atoms with E-state index in [9.17, 15) is 23.2 Å². The number of hydrogen-bond acceptors (Lipinski definition) is 7. The maximum absolute atomic E-state index is 13.1. The molecule has 0 radical (unpaired) electrons. The van der Waals surface area contributed by atoms with Crippen molar-refractivity contribution in [3.05, 3.63) is 0 Å². The molecule has 0 spiro atoms. The molecule has 4 unspecified atom stereocenters. The summed E-state index contributed by atoms with van der Waals surface area (Å²) >= 11 is 0. The van der Waals surface area contributed by atoms with Gasteiger partial charge in [-0.25, -0.2) is 8.78 Å². The summed E-state index contributed by atoms with van der Waals surface area (Å²) in [5.41, 5.74) is 0. The molecule has 0 aliphatic rings. The van der Waals surface area contributed by atoms with Crippen LogP contribution in [-0.4, -0.2) is 55.9 Å². The Morgan fingerprint density at radius 1 is 0.773 bits per heavy atom. The molecular formula is C13H20F2O7. The maximum Gasteiger partial charge on any atom is 0.303 e. The molecule has 7 nitrogen and oxygen atoms in total. The molecule has 0 aliphatic heterocycles. The van der Waals surface area contributed by atoms with E-state index in [2.05, 4.69) is 4.74 Å². The van der Waals surface area contributed by atoms with Gasteiger partial charge < -0.3 is 18.9 Å². The molecule has 22 heavy (non-hydrogen) atoms. The lowest BCUT2D eigenvalue weighted by Gasteiger charge is -2.33. The van der Waals surface area contributed by atoms with Gasteiger partial charge in [-0.3, -0.25) is 14.4 Å². The highest BCUT2D eigenvalue weighted by atomic mass is 19.3. The van der Waals surface area contributed by atoms with Crippen LogP contribution in [0.2, 0.25) is 0 Å². The summed E-state index contributed by atoms with van der Waals surface area (Å²) < 4.78 is 45.3. The number of methoxy groups -OCH3 is 1. The second-order valence-corrected chi connectivity index (χ2v) is 4.50. The van der Waals surface area contributed by atoms with Crippen LogP contribution in [0.1, 0.15) is 27.7 Å². The van der Waals surface area contributed by atoms with Crippen molar-refractivity contribution >= 4 is 17.9 Å². The SMILES string of the molecule is COC(C(F)F)C(OC(C)=O)C(OC(C)=O)C(C)OC(C)=O. The average Bonchev–Trinajstić information content (AvgIpc) is 2.33. The lowest BCUT2D eigenvalue weighted by Crippen LogP contribution is -2.52. The number of ether oxygens (including phenoxy) is 4. The zero-order chi connectivity index (χ0) is 17.4. The minimum absolute atomic E-state index is 0.711. The van der Waals surface area contributed by atoms with Gasteiger partial charge in [-0.05, 0) is 6.92 Å². The minimum atomic E-state index is -3.02. The van der Waals surface area contributed by atoms with Gasteiger partial charge in [0, 0.05) is 27.9 Å². The summed E-state index contributed by atoms with van der Waals surface area (Å²) in [5.74, 6) is -2.40. The third kappa shape index (κ3) is 6.79.